The highest BCUT2D eigenvalue weighted by Crippen LogP contribution is 2.13. The molecule has 0 N–H and O–H groups in total. The number of methoxy groups -OCH3 is 1. The maximum Gasteiger partial charge on any atom is 0.122 e. The fraction of sp³-hybridized carbons (Fsp3) is 0.250. The van der Waals surface area contributed by atoms with Crippen LogP contribution in [0.2, 0.25) is 0 Å². The molecule has 0 bridgehead atoms. The number of hydrogen-bond acceptors (Lipinski definition) is 1. The van der Waals surface area contributed by atoms with Gasteiger partial charge in [-0.15, -0.1) is 0 Å². The van der Waals surface area contributed by atoms with Gasteiger partial charge >= 0.3 is 0 Å². The summed E-state index contributed by atoms with van der Waals surface area (Å²) in [7, 11) is 1.65. The SMILES string of the molecule is COc1c[c][c]cc1C. The third-order valence-corrected chi connectivity index (χ3v) is 1.18. The lowest BCUT2D eigenvalue weighted by Crippen LogP contribution is -1.84. The Balaban J connectivity index is 3.01. The molecule has 0 aliphatic carbocycles. The number of hydrogen-bond donors (Lipinski definition) is 0. The van der Waals surface area contributed by atoms with Crippen molar-refractivity contribution in [2.24, 2.45) is 0 Å². The molecule has 2 radical (unpaired) electrons. The summed E-state index contributed by atoms with van der Waals surface area (Å²) in [6.07, 6.45) is 0. The van der Waals surface area contributed by atoms with Gasteiger partial charge in [0.25, 0.3) is 0 Å². The monoisotopic (exact) mass is 120 g/mol. The van der Waals surface area contributed by atoms with Crippen molar-refractivity contribution in [2.45, 2.75) is 6.92 Å². The predicted octanol–water partition coefficient (Wildman–Crippen LogP) is 1.60. The minimum absolute atomic E-state index is 0.869. The minimum atomic E-state index is 0.869. The van der Waals surface area contributed by atoms with Crippen molar-refractivity contribution < 1.29 is 4.74 Å². The minimum Gasteiger partial charge on any atom is -0.496 e. The predicted molar refractivity (Wildman–Crippen MR) is 35.4 cm³/mol. The summed E-state index contributed by atoms with van der Waals surface area (Å²) >= 11 is 0. The third kappa shape index (κ3) is 1.22. The van der Waals surface area contributed by atoms with E-state index in [0.717, 1.165) is 11.3 Å². The van der Waals surface area contributed by atoms with Crippen LogP contribution in [0.25, 0.3) is 0 Å². The molecule has 1 nitrogen and oxygen atoms in total. The standard InChI is InChI=1S/C8H8O/c1-7-5-3-4-6-8(7)9-2/h5-6H,1-2H3. The first-order chi connectivity index (χ1) is 4.34. The summed E-state index contributed by atoms with van der Waals surface area (Å²) < 4.78 is 4.99. The first-order valence-corrected chi connectivity index (χ1v) is 2.77. The topological polar surface area (TPSA) is 9.23 Å². The van der Waals surface area contributed by atoms with Gasteiger partial charge in [0.1, 0.15) is 5.75 Å². The average molecular weight is 120 g/mol. The lowest BCUT2D eigenvalue weighted by Gasteiger charge is -2.00. The fourth-order valence-corrected chi connectivity index (χ4v) is 0.662. The molecule has 0 atom stereocenters. The normalized spacial score (nSPS) is 9.11. The van der Waals surface area contributed by atoms with Crippen LogP contribution in [-0.4, -0.2) is 7.11 Å². The fourth-order valence-electron chi connectivity index (χ4n) is 0.662. The van der Waals surface area contributed by atoms with Crippen LogP contribution in [0.1, 0.15) is 5.56 Å². The largest absolute Gasteiger partial charge is 0.496 e. The summed E-state index contributed by atoms with van der Waals surface area (Å²) in [5.74, 6) is 0.869. The van der Waals surface area contributed by atoms with Crippen LogP contribution in [0.5, 0.6) is 5.75 Å². The van der Waals surface area contributed by atoms with Crippen LogP contribution in [0.3, 0.4) is 0 Å². The molecule has 0 unspecified atom stereocenters. The first-order valence-electron chi connectivity index (χ1n) is 2.77. The molecule has 0 amide bonds. The summed E-state index contributed by atoms with van der Waals surface area (Å²) in [6, 6.07) is 9.25. The number of aryl methyl sites for hydroxylation is 1. The van der Waals surface area contributed by atoms with Gasteiger partial charge in [0, 0.05) is 0 Å². The molecule has 0 saturated heterocycles. The van der Waals surface area contributed by atoms with Crippen LogP contribution < -0.4 is 4.74 Å². The molecule has 0 aliphatic rings. The highest BCUT2D eigenvalue weighted by molar-refractivity contribution is 5.30. The molecule has 0 saturated carbocycles. The van der Waals surface area contributed by atoms with Crippen LogP contribution in [0.4, 0.5) is 0 Å². The Morgan fingerprint density at radius 2 is 2.00 bits per heavy atom. The van der Waals surface area contributed by atoms with Crippen molar-refractivity contribution >= 4 is 0 Å². The number of benzene rings is 1. The highest BCUT2D eigenvalue weighted by Gasteiger charge is 1.91. The van der Waals surface area contributed by atoms with Gasteiger partial charge in [-0.1, -0.05) is 0 Å². The number of ether oxygens (including phenoxy) is 1. The summed E-state index contributed by atoms with van der Waals surface area (Å²) in [4.78, 5) is 0. The van der Waals surface area contributed by atoms with E-state index in [2.05, 4.69) is 12.1 Å². The smallest absolute Gasteiger partial charge is 0.122 e. The van der Waals surface area contributed by atoms with Crippen LogP contribution in [0, 0.1) is 19.1 Å². The van der Waals surface area contributed by atoms with Gasteiger partial charge < -0.3 is 4.74 Å². The van der Waals surface area contributed by atoms with E-state index in [0.29, 0.717) is 0 Å². The Hall–Kier alpha value is -0.980. The molecule has 0 fully saturated rings. The number of rotatable bonds is 1. The van der Waals surface area contributed by atoms with Gasteiger partial charge in [-0.05, 0) is 36.8 Å². The van der Waals surface area contributed by atoms with Gasteiger partial charge in [0.2, 0.25) is 0 Å². The van der Waals surface area contributed by atoms with E-state index in [1.54, 1.807) is 13.2 Å². The van der Waals surface area contributed by atoms with E-state index in [1.165, 1.54) is 0 Å². The van der Waals surface area contributed by atoms with E-state index >= 15 is 0 Å². The van der Waals surface area contributed by atoms with Crippen molar-refractivity contribution in [3.8, 4) is 5.75 Å². The maximum absolute atomic E-state index is 4.99. The summed E-state index contributed by atoms with van der Waals surface area (Å²) in [5, 5.41) is 0. The van der Waals surface area contributed by atoms with Crippen molar-refractivity contribution in [3.05, 3.63) is 29.8 Å². The second-order valence-electron chi connectivity index (χ2n) is 1.83. The van der Waals surface area contributed by atoms with E-state index < -0.39 is 0 Å². The molecule has 9 heavy (non-hydrogen) atoms. The third-order valence-electron chi connectivity index (χ3n) is 1.18. The second-order valence-corrected chi connectivity index (χ2v) is 1.83. The van der Waals surface area contributed by atoms with E-state index in [4.69, 9.17) is 4.74 Å². The molecule has 0 aromatic heterocycles. The average Bonchev–Trinajstić information content (AvgIpc) is 1.89. The zero-order chi connectivity index (χ0) is 6.69. The summed E-state index contributed by atoms with van der Waals surface area (Å²) in [5.41, 5.74) is 1.09. The molecule has 0 spiro atoms. The molecular weight excluding hydrogens is 112 g/mol. The Morgan fingerprint density at radius 3 is 2.44 bits per heavy atom. The van der Waals surface area contributed by atoms with Crippen LogP contribution in [-0.2, 0) is 0 Å². The Labute approximate surface area is 55.3 Å². The van der Waals surface area contributed by atoms with Gasteiger partial charge in [0.05, 0.1) is 7.11 Å². The maximum atomic E-state index is 4.99. The molecule has 1 heteroatoms. The lowest BCUT2D eigenvalue weighted by atomic mass is 10.2. The zero-order valence-electron chi connectivity index (χ0n) is 5.56. The summed E-state index contributed by atoms with van der Waals surface area (Å²) in [6.45, 7) is 1.98. The first kappa shape index (κ1) is 6.14. The zero-order valence-corrected chi connectivity index (χ0v) is 5.56. The molecule has 1 aromatic carbocycles. The van der Waals surface area contributed by atoms with Crippen LogP contribution >= 0.6 is 0 Å². The van der Waals surface area contributed by atoms with Crippen molar-refractivity contribution in [2.75, 3.05) is 7.11 Å². The van der Waals surface area contributed by atoms with Gasteiger partial charge in [0.15, 0.2) is 0 Å². The Bertz CT molecular complexity index is 194. The van der Waals surface area contributed by atoms with Crippen LogP contribution in [0.15, 0.2) is 12.1 Å². The highest BCUT2D eigenvalue weighted by atomic mass is 16.5. The second kappa shape index (κ2) is 2.53. The molecule has 46 valence electrons. The molecule has 0 heterocycles. The van der Waals surface area contributed by atoms with Gasteiger partial charge in [-0.25, -0.2) is 0 Å². The molecule has 1 rings (SSSR count). The van der Waals surface area contributed by atoms with E-state index in [1.807, 2.05) is 13.0 Å². The molecule has 0 aliphatic heterocycles. The lowest BCUT2D eigenvalue weighted by molar-refractivity contribution is 0.411. The van der Waals surface area contributed by atoms with E-state index in [-0.39, 0.29) is 0 Å². The van der Waals surface area contributed by atoms with Gasteiger partial charge in [-0.3, -0.25) is 0 Å². The van der Waals surface area contributed by atoms with Gasteiger partial charge in [-0.2, -0.15) is 0 Å². The van der Waals surface area contributed by atoms with Crippen molar-refractivity contribution in [1.29, 1.82) is 0 Å². The quantitative estimate of drug-likeness (QED) is 0.547. The van der Waals surface area contributed by atoms with Crippen molar-refractivity contribution in [3.63, 3.8) is 0 Å². The van der Waals surface area contributed by atoms with E-state index in [9.17, 15) is 0 Å². The Morgan fingerprint density at radius 1 is 1.33 bits per heavy atom. The Kier molecular flexibility index (Phi) is 1.73. The van der Waals surface area contributed by atoms with Crippen molar-refractivity contribution in [1.82, 2.24) is 0 Å². The molecule has 1 aromatic rings. The molecular formula is C8H8O.